The van der Waals surface area contributed by atoms with E-state index in [1.54, 1.807) is 17.0 Å². The summed E-state index contributed by atoms with van der Waals surface area (Å²) in [5.41, 5.74) is 1.63. The van der Waals surface area contributed by atoms with Crippen molar-refractivity contribution >= 4 is 5.91 Å². The lowest BCUT2D eigenvalue weighted by Crippen LogP contribution is -2.37. The third-order valence-corrected chi connectivity index (χ3v) is 4.44. The number of rotatable bonds is 6. The van der Waals surface area contributed by atoms with E-state index in [0.29, 0.717) is 12.1 Å². The lowest BCUT2D eigenvalue weighted by molar-refractivity contribution is 0.0671. The molecule has 0 radical (unpaired) electrons. The van der Waals surface area contributed by atoms with E-state index >= 15 is 0 Å². The molecule has 6 heteroatoms. The van der Waals surface area contributed by atoms with Crippen molar-refractivity contribution in [2.75, 3.05) is 0 Å². The molecule has 0 unspecified atom stereocenters. The van der Waals surface area contributed by atoms with Crippen LogP contribution in [0.3, 0.4) is 0 Å². The number of nitrogens with zero attached hydrogens (tertiary/aromatic N) is 4. The zero-order valence-corrected chi connectivity index (χ0v) is 14.8. The van der Waals surface area contributed by atoms with Crippen LogP contribution in [0.25, 0.3) is 5.69 Å². The summed E-state index contributed by atoms with van der Waals surface area (Å²) in [4.78, 5) is 18.6. The van der Waals surface area contributed by atoms with E-state index < -0.39 is 5.82 Å². The standard InChI is InChI=1S/C20H21FN4O/c1-3-15(2)24(12-16-7-5-4-6-8-16)20(26)17-9-10-19(18(21)11-17)25-14-22-13-23-25/h4-11,13-15H,3,12H2,1-2H3/t15-/m0/s1. The second-order valence-electron chi connectivity index (χ2n) is 6.18. The Balaban J connectivity index is 1.88. The van der Waals surface area contributed by atoms with E-state index in [1.807, 2.05) is 44.2 Å². The van der Waals surface area contributed by atoms with Gasteiger partial charge in [-0.15, -0.1) is 0 Å². The van der Waals surface area contributed by atoms with Gasteiger partial charge in [-0.2, -0.15) is 5.10 Å². The zero-order valence-electron chi connectivity index (χ0n) is 14.8. The van der Waals surface area contributed by atoms with Gasteiger partial charge in [0, 0.05) is 18.2 Å². The normalized spacial score (nSPS) is 12.0. The van der Waals surface area contributed by atoms with Gasteiger partial charge in [-0.05, 0) is 37.1 Å². The summed E-state index contributed by atoms with van der Waals surface area (Å²) in [5.74, 6) is -0.697. The number of benzene rings is 2. The maximum absolute atomic E-state index is 14.5. The highest BCUT2D eigenvalue weighted by atomic mass is 19.1. The fraction of sp³-hybridized carbons (Fsp3) is 0.250. The maximum Gasteiger partial charge on any atom is 0.254 e. The Hall–Kier alpha value is -3.02. The molecule has 0 saturated heterocycles. The van der Waals surface area contributed by atoms with E-state index in [-0.39, 0.29) is 17.6 Å². The summed E-state index contributed by atoms with van der Waals surface area (Å²) in [5, 5.41) is 3.92. The number of aromatic nitrogens is 3. The molecular formula is C20H21FN4O. The first-order valence-corrected chi connectivity index (χ1v) is 8.59. The van der Waals surface area contributed by atoms with Gasteiger partial charge < -0.3 is 4.90 Å². The minimum atomic E-state index is -0.509. The second-order valence-corrected chi connectivity index (χ2v) is 6.18. The molecular weight excluding hydrogens is 331 g/mol. The lowest BCUT2D eigenvalue weighted by Gasteiger charge is -2.29. The monoisotopic (exact) mass is 352 g/mol. The lowest BCUT2D eigenvalue weighted by atomic mass is 10.1. The number of halogens is 1. The van der Waals surface area contributed by atoms with Crippen LogP contribution in [0.15, 0.2) is 61.2 Å². The quantitative estimate of drug-likeness (QED) is 0.677. The van der Waals surface area contributed by atoms with Crippen LogP contribution in [0.2, 0.25) is 0 Å². The average molecular weight is 352 g/mol. The van der Waals surface area contributed by atoms with E-state index in [0.717, 1.165) is 12.0 Å². The molecule has 0 aliphatic rings. The third kappa shape index (κ3) is 3.79. The summed E-state index contributed by atoms with van der Waals surface area (Å²) >= 11 is 0. The predicted octanol–water partition coefficient (Wildman–Crippen LogP) is 3.85. The molecule has 0 fully saturated rings. The summed E-state index contributed by atoms with van der Waals surface area (Å²) < 4.78 is 15.8. The van der Waals surface area contributed by atoms with Crippen LogP contribution >= 0.6 is 0 Å². The minimum absolute atomic E-state index is 0.0424. The van der Waals surface area contributed by atoms with E-state index in [2.05, 4.69) is 10.1 Å². The van der Waals surface area contributed by atoms with Crippen LogP contribution in [-0.2, 0) is 6.54 Å². The third-order valence-electron chi connectivity index (χ3n) is 4.44. The molecule has 1 atom stereocenters. The fourth-order valence-electron chi connectivity index (χ4n) is 2.75. The first-order chi connectivity index (χ1) is 12.6. The van der Waals surface area contributed by atoms with Crippen LogP contribution in [-0.4, -0.2) is 31.6 Å². The minimum Gasteiger partial charge on any atom is -0.332 e. The molecule has 134 valence electrons. The van der Waals surface area contributed by atoms with Gasteiger partial charge in [0.05, 0.1) is 0 Å². The highest BCUT2D eigenvalue weighted by Crippen LogP contribution is 2.19. The van der Waals surface area contributed by atoms with Gasteiger partial charge in [-0.3, -0.25) is 4.79 Å². The predicted molar refractivity (Wildman–Crippen MR) is 97.4 cm³/mol. The molecule has 0 bridgehead atoms. The number of hydrogen-bond acceptors (Lipinski definition) is 3. The highest BCUT2D eigenvalue weighted by Gasteiger charge is 2.22. The van der Waals surface area contributed by atoms with Gasteiger partial charge in [0.15, 0.2) is 0 Å². The number of carbonyl (C=O) groups excluding carboxylic acids is 1. The summed E-state index contributed by atoms with van der Waals surface area (Å²) in [6.07, 6.45) is 3.57. The fourth-order valence-corrected chi connectivity index (χ4v) is 2.75. The van der Waals surface area contributed by atoms with Gasteiger partial charge in [-0.25, -0.2) is 14.1 Å². The molecule has 1 aromatic heterocycles. The van der Waals surface area contributed by atoms with Crippen LogP contribution in [0.5, 0.6) is 0 Å². The van der Waals surface area contributed by atoms with Crippen molar-refractivity contribution < 1.29 is 9.18 Å². The molecule has 26 heavy (non-hydrogen) atoms. The Bertz CT molecular complexity index is 865. The molecule has 0 saturated carbocycles. The molecule has 0 N–H and O–H groups in total. The summed E-state index contributed by atoms with van der Waals surface area (Å²) in [6.45, 7) is 4.52. The van der Waals surface area contributed by atoms with Crippen LogP contribution in [0.4, 0.5) is 4.39 Å². The second kappa shape index (κ2) is 7.91. The van der Waals surface area contributed by atoms with E-state index in [4.69, 9.17) is 0 Å². The molecule has 1 amide bonds. The molecule has 5 nitrogen and oxygen atoms in total. The Morgan fingerprint density at radius 1 is 1.23 bits per heavy atom. The van der Waals surface area contributed by atoms with Crippen molar-refractivity contribution in [1.29, 1.82) is 0 Å². The Morgan fingerprint density at radius 2 is 2.00 bits per heavy atom. The first-order valence-electron chi connectivity index (χ1n) is 8.59. The molecule has 1 heterocycles. The molecule has 0 aliphatic heterocycles. The highest BCUT2D eigenvalue weighted by molar-refractivity contribution is 5.94. The molecule has 2 aromatic carbocycles. The van der Waals surface area contributed by atoms with Crippen LogP contribution in [0, 0.1) is 5.82 Å². The van der Waals surface area contributed by atoms with Gasteiger partial charge >= 0.3 is 0 Å². The zero-order chi connectivity index (χ0) is 18.5. The number of amides is 1. The van der Waals surface area contributed by atoms with Crippen molar-refractivity contribution in [3.05, 3.63) is 78.1 Å². The molecule has 3 aromatic rings. The van der Waals surface area contributed by atoms with E-state index in [9.17, 15) is 9.18 Å². The van der Waals surface area contributed by atoms with Crippen molar-refractivity contribution in [1.82, 2.24) is 19.7 Å². The number of carbonyl (C=O) groups is 1. The van der Waals surface area contributed by atoms with Gasteiger partial charge in [0.1, 0.15) is 24.2 Å². The summed E-state index contributed by atoms with van der Waals surface area (Å²) in [7, 11) is 0. The molecule has 3 rings (SSSR count). The van der Waals surface area contributed by atoms with Gasteiger partial charge in [0.2, 0.25) is 0 Å². The molecule has 0 aliphatic carbocycles. The Morgan fingerprint density at radius 3 is 2.62 bits per heavy atom. The SMILES string of the molecule is CC[C@H](C)N(Cc1ccccc1)C(=O)c1ccc(-n2cncn2)c(F)c1. The van der Waals surface area contributed by atoms with Gasteiger partial charge in [-0.1, -0.05) is 37.3 Å². The largest absolute Gasteiger partial charge is 0.332 e. The average Bonchev–Trinajstić information content (AvgIpc) is 3.20. The van der Waals surface area contributed by atoms with Crippen LogP contribution in [0.1, 0.15) is 36.2 Å². The molecule has 0 spiro atoms. The number of hydrogen-bond donors (Lipinski definition) is 0. The summed E-state index contributed by atoms with van der Waals surface area (Å²) in [6, 6.07) is 14.3. The van der Waals surface area contributed by atoms with Crippen molar-refractivity contribution in [2.24, 2.45) is 0 Å². The van der Waals surface area contributed by atoms with Gasteiger partial charge in [0.25, 0.3) is 5.91 Å². The first kappa shape index (κ1) is 17.8. The van der Waals surface area contributed by atoms with E-state index in [1.165, 1.54) is 23.4 Å². The van der Waals surface area contributed by atoms with Crippen molar-refractivity contribution in [3.63, 3.8) is 0 Å². The maximum atomic E-state index is 14.5. The Kier molecular flexibility index (Phi) is 5.41. The van der Waals surface area contributed by atoms with Crippen molar-refractivity contribution in [2.45, 2.75) is 32.9 Å². The Labute approximate surface area is 152 Å². The topological polar surface area (TPSA) is 51.0 Å². The van der Waals surface area contributed by atoms with Crippen molar-refractivity contribution in [3.8, 4) is 5.69 Å². The van der Waals surface area contributed by atoms with Crippen LogP contribution < -0.4 is 0 Å². The smallest absolute Gasteiger partial charge is 0.254 e.